The molecular weight excluding hydrogens is 377 g/mol. The van der Waals surface area contributed by atoms with E-state index in [0.717, 1.165) is 6.07 Å². The zero-order valence-corrected chi connectivity index (χ0v) is 15.8. The van der Waals surface area contributed by atoms with Gasteiger partial charge in [-0.2, -0.15) is 0 Å². The number of hydrogen-bond donors (Lipinski definition) is 1. The van der Waals surface area contributed by atoms with E-state index >= 15 is 0 Å². The third-order valence-electron chi connectivity index (χ3n) is 3.78. The lowest BCUT2D eigenvalue weighted by molar-refractivity contribution is -0.124. The second-order valence-corrected chi connectivity index (χ2v) is 5.98. The number of esters is 1. The first-order valence-corrected chi connectivity index (χ1v) is 8.37. The summed E-state index contributed by atoms with van der Waals surface area (Å²) in [4.78, 5) is 24.1. The van der Waals surface area contributed by atoms with Crippen LogP contribution in [0.1, 0.15) is 28.9 Å². The Balaban J connectivity index is 2.00. The lowest BCUT2D eigenvalue weighted by Crippen LogP contribution is -2.31. The average Bonchev–Trinajstić information content (AvgIpc) is 2.65. The molecule has 27 heavy (non-hydrogen) atoms. The number of rotatable bonds is 7. The average molecular weight is 396 g/mol. The minimum atomic E-state index is -1.01. The van der Waals surface area contributed by atoms with E-state index in [4.69, 9.17) is 25.8 Å². The molecule has 2 aromatic rings. The van der Waals surface area contributed by atoms with E-state index in [1.165, 1.54) is 26.4 Å². The predicted octanol–water partition coefficient (Wildman–Crippen LogP) is 3.53. The van der Waals surface area contributed by atoms with Gasteiger partial charge in [0.1, 0.15) is 22.9 Å². The van der Waals surface area contributed by atoms with Gasteiger partial charge in [-0.05, 0) is 37.3 Å². The van der Waals surface area contributed by atoms with Crippen molar-refractivity contribution in [2.24, 2.45) is 0 Å². The third kappa shape index (κ3) is 5.10. The maximum Gasteiger partial charge on any atom is 0.343 e. The minimum Gasteiger partial charge on any atom is -0.497 e. The van der Waals surface area contributed by atoms with Crippen molar-refractivity contribution in [2.75, 3.05) is 20.8 Å². The number of halogens is 2. The molecule has 0 aromatic heterocycles. The standard InChI is InChI=1S/C19H19ClFNO5/c1-11(13-9-12(25-2)7-8-16(13)26-3)22-17(23)10-27-19(24)18-14(20)5-4-6-15(18)21/h4-9,11H,10H2,1-3H3,(H,22,23)/t11-/m0/s1. The van der Waals surface area contributed by atoms with Crippen LogP contribution in [-0.4, -0.2) is 32.7 Å². The van der Waals surface area contributed by atoms with Gasteiger partial charge in [-0.15, -0.1) is 0 Å². The molecule has 2 aromatic carbocycles. The molecule has 0 aliphatic heterocycles. The van der Waals surface area contributed by atoms with Gasteiger partial charge in [0.05, 0.1) is 25.3 Å². The van der Waals surface area contributed by atoms with E-state index in [9.17, 15) is 14.0 Å². The molecule has 1 N–H and O–H groups in total. The molecule has 0 aliphatic rings. The lowest BCUT2D eigenvalue weighted by Gasteiger charge is -2.18. The number of carbonyl (C=O) groups is 2. The van der Waals surface area contributed by atoms with Crippen LogP contribution in [0.15, 0.2) is 36.4 Å². The van der Waals surface area contributed by atoms with Crippen molar-refractivity contribution in [1.82, 2.24) is 5.32 Å². The fourth-order valence-electron chi connectivity index (χ4n) is 2.43. The molecule has 2 rings (SSSR count). The number of ether oxygens (including phenoxy) is 3. The van der Waals surface area contributed by atoms with Crippen molar-refractivity contribution in [3.05, 3.63) is 58.4 Å². The first-order valence-electron chi connectivity index (χ1n) is 7.99. The summed E-state index contributed by atoms with van der Waals surface area (Å²) in [6.45, 7) is 1.16. The van der Waals surface area contributed by atoms with Crippen LogP contribution in [0.2, 0.25) is 5.02 Å². The van der Waals surface area contributed by atoms with Gasteiger partial charge >= 0.3 is 5.97 Å². The Bertz CT molecular complexity index is 823. The SMILES string of the molecule is COc1ccc(OC)c([C@H](C)NC(=O)COC(=O)c2c(F)cccc2Cl)c1. The molecule has 0 aliphatic carbocycles. The largest absolute Gasteiger partial charge is 0.497 e. The minimum absolute atomic E-state index is 0.0881. The highest BCUT2D eigenvalue weighted by molar-refractivity contribution is 6.33. The topological polar surface area (TPSA) is 73.9 Å². The second-order valence-electron chi connectivity index (χ2n) is 5.57. The Morgan fingerprint density at radius 1 is 1.19 bits per heavy atom. The highest BCUT2D eigenvalue weighted by Crippen LogP contribution is 2.29. The Labute approximate surface area is 161 Å². The molecule has 0 spiro atoms. The first-order chi connectivity index (χ1) is 12.9. The van der Waals surface area contributed by atoms with E-state index < -0.39 is 35.9 Å². The number of methoxy groups -OCH3 is 2. The molecule has 0 heterocycles. The zero-order valence-electron chi connectivity index (χ0n) is 15.0. The number of amides is 1. The van der Waals surface area contributed by atoms with Crippen LogP contribution in [0.5, 0.6) is 11.5 Å². The van der Waals surface area contributed by atoms with Gasteiger partial charge < -0.3 is 19.5 Å². The molecule has 0 saturated carbocycles. The Kier molecular flexibility index (Phi) is 7.01. The van der Waals surface area contributed by atoms with Crippen molar-refractivity contribution >= 4 is 23.5 Å². The normalized spacial score (nSPS) is 11.4. The number of nitrogens with one attached hydrogen (secondary N) is 1. The van der Waals surface area contributed by atoms with E-state index in [1.807, 2.05) is 0 Å². The Hall–Kier alpha value is -2.80. The summed E-state index contributed by atoms with van der Waals surface area (Å²) in [6.07, 6.45) is 0. The fourth-order valence-corrected chi connectivity index (χ4v) is 2.67. The first kappa shape index (κ1) is 20.5. The van der Waals surface area contributed by atoms with Crippen molar-refractivity contribution in [1.29, 1.82) is 0 Å². The smallest absolute Gasteiger partial charge is 0.343 e. The maximum atomic E-state index is 13.7. The molecule has 8 heteroatoms. The van der Waals surface area contributed by atoms with Gasteiger partial charge in [0, 0.05) is 5.56 Å². The van der Waals surface area contributed by atoms with Crippen LogP contribution in [0.25, 0.3) is 0 Å². The van der Waals surface area contributed by atoms with Crippen molar-refractivity contribution in [3.63, 3.8) is 0 Å². The molecule has 0 radical (unpaired) electrons. The summed E-state index contributed by atoms with van der Waals surface area (Å²) in [5.74, 6) is -1.22. The molecule has 1 amide bonds. The molecule has 0 saturated heterocycles. The molecule has 0 fully saturated rings. The number of carbonyl (C=O) groups excluding carboxylic acids is 2. The van der Waals surface area contributed by atoms with Crippen LogP contribution in [0, 0.1) is 5.82 Å². The van der Waals surface area contributed by atoms with E-state index in [-0.39, 0.29) is 5.02 Å². The summed E-state index contributed by atoms with van der Waals surface area (Å²) in [7, 11) is 3.04. The molecule has 0 bridgehead atoms. The van der Waals surface area contributed by atoms with Gasteiger partial charge in [0.15, 0.2) is 6.61 Å². The number of hydrogen-bond acceptors (Lipinski definition) is 5. The lowest BCUT2D eigenvalue weighted by atomic mass is 10.1. The number of benzene rings is 2. The van der Waals surface area contributed by atoms with Crippen molar-refractivity contribution in [3.8, 4) is 11.5 Å². The van der Waals surface area contributed by atoms with Gasteiger partial charge in [0.25, 0.3) is 5.91 Å². The van der Waals surface area contributed by atoms with Crippen LogP contribution in [-0.2, 0) is 9.53 Å². The predicted molar refractivity (Wildman–Crippen MR) is 97.8 cm³/mol. The van der Waals surface area contributed by atoms with E-state index in [1.54, 1.807) is 25.1 Å². The van der Waals surface area contributed by atoms with Gasteiger partial charge in [0.2, 0.25) is 0 Å². The van der Waals surface area contributed by atoms with Gasteiger partial charge in [-0.25, -0.2) is 9.18 Å². The molecular formula is C19H19ClFNO5. The molecule has 0 unspecified atom stereocenters. The van der Waals surface area contributed by atoms with Gasteiger partial charge in [-0.3, -0.25) is 4.79 Å². The van der Waals surface area contributed by atoms with Crippen LogP contribution in [0.3, 0.4) is 0 Å². The van der Waals surface area contributed by atoms with Crippen molar-refractivity contribution in [2.45, 2.75) is 13.0 Å². The molecule has 6 nitrogen and oxygen atoms in total. The van der Waals surface area contributed by atoms with E-state index in [2.05, 4.69) is 5.32 Å². The van der Waals surface area contributed by atoms with Crippen molar-refractivity contribution < 1.29 is 28.2 Å². The highest BCUT2D eigenvalue weighted by Gasteiger charge is 2.20. The summed E-state index contributed by atoms with van der Waals surface area (Å²) >= 11 is 5.80. The van der Waals surface area contributed by atoms with E-state index in [0.29, 0.717) is 17.1 Å². The zero-order chi connectivity index (χ0) is 20.0. The monoisotopic (exact) mass is 395 g/mol. The fraction of sp³-hybridized carbons (Fsp3) is 0.263. The summed E-state index contributed by atoms with van der Waals surface area (Å²) in [5.41, 5.74) is 0.281. The maximum absolute atomic E-state index is 13.7. The molecule has 144 valence electrons. The Morgan fingerprint density at radius 2 is 1.93 bits per heavy atom. The van der Waals surface area contributed by atoms with Crippen LogP contribution >= 0.6 is 11.6 Å². The van der Waals surface area contributed by atoms with Crippen LogP contribution < -0.4 is 14.8 Å². The second kappa shape index (κ2) is 9.23. The summed E-state index contributed by atoms with van der Waals surface area (Å²) < 4.78 is 29.0. The Morgan fingerprint density at radius 3 is 2.56 bits per heavy atom. The summed E-state index contributed by atoms with van der Waals surface area (Å²) in [5, 5.41) is 2.59. The van der Waals surface area contributed by atoms with Gasteiger partial charge in [-0.1, -0.05) is 17.7 Å². The molecule has 1 atom stereocenters. The van der Waals surface area contributed by atoms with Crippen LogP contribution in [0.4, 0.5) is 4.39 Å². The third-order valence-corrected chi connectivity index (χ3v) is 4.10. The summed E-state index contributed by atoms with van der Waals surface area (Å²) in [6, 6.07) is 8.55. The quantitative estimate of drug-likeness (QED) is 0.726. The highest BCUT2D eigenvalue weighted by atomic mass is 35.5.